The smallest absolute Gasteiger partial charge is 0.0162 e. The second-order valence-electron chi connectivity index (χ2n) is 5.02. The van der Waals surface area contributed by atoms with E-state index in [1.165, 1.54) is 17.6 Å². The standard InChI is InChI=1S/C16H24/c1-13(2)11-12-14(3)15(4)16-9-7-5-6-8-10-16/h5,7-11,14-15H,6,12H2,1-4H3. The average Bonchev–Trinajstić information content (AvgIpc) is 2.53. The predicted octanol–water partition coefficient (Wildman–Crippen LogP) is 5.06. The minimum absolute atomic E-state index is 0.634. The summed E-state index contributed by atoms with van der Waals surface area (Å²) in [4.78, 5) is 0. The zero-order chi connectivity index (χ0) is 12.0. The van der Waals surface area contributed by atoms with E-state index in [1.54, 1.807) is 0 Å². The molecule has 0 heterocycles. The minimum atomic E-state index is 0.634. The van der Waals surface area contributed by atoms with Crippen molar-refractivity contribution in [1.29, 1.82) is 0 Å². The van der Waals surface area contributed by atoms with Gasteiger partial charge in [-0.25, -0.2) is 0 Å². The van der Waals surface area contributed by atoms with E-state index in [2.05, 4.69) is 64.2 Å². The van der Waals surface area contributed by atoms with Crippen molar-refractivity contribution in [3.63, 3.8) is 0 Å². The van der Waals surface area contributed by atoms with Gasteiger partial charge in [0.1, 0.15) is 0 Å². The predicted molar refractivity (Wildman–Crippen MR) is 73.4 cm³/mol. The van der Waals surface area contributed by atoms with Gasteiger partial charge in [0.15, 0.2) is 0 Å². The molecule has 1 aliphatic carbocycles. The fourth-order valence-electron chi connectivity index (χ4n) is 1.85. The van der Waals surface area contributed by atoms with Crippen molar-refractivity contribution in [1.82, 2.24) is 0 Å². The molecule has 0 N–H and O–H groups in total. The molecule has 1 aliphatic rings. The van der Waals surface area contributed by atoms with Crippen LogP contribution in [0.15, 0.2) is 47.6 Å². The molecule has 1 rings (SSSR count). The highest BCUT2D eigenvalue weighted by Crippen LogP contribution is 2.25. The number of hydrogen-bond donors (Lipinski definition) is 0. The molecule has 0 amide bonds. The molecule has 0 saturated heterocycles. The number of allylic oxidation sites excluding steroid dienone is 8. The Morgan fingerprint density at radius 2 is 2.06 bits per heavy atom. The summed E-state index contributed by atoms with van der Waals surface area (Å²) < 4.78 is 0. The maximum Gasteiger partial charge on any atom is -0.0162 e. The van der Waals surface area contributed by atoms with Gasteiger partial charge in [0.05, 0.1) is 0 Å². The third-order valence-electron chi connectivity index (χ3n) is 3.28. The molecule has 0 radical (unpaired) electrons. The SMILES string of the molecule is CC(C)=CCC(C)C(C)C1=CC=CCC=C1. The van der Waals surface area contributed by atoms with Crippen molar-refractivity contribution in [2.24, 2.45) is 11.8 Å². The summed E-state index contributed by atoms with van der Waals surface area (Å²) in [5.41, 5.74) is 2.88. The van der Waals surface area contributed by atoms with Gasteiger partial charge in [0.25, 0.3) is 0 Å². The topological polar surface area (TPSA) is 0 Å². The van der Waals surface area contributed by atoms with E-state index >= 15 is 0 Å². The lowest BCUT2D eigenvalue weighted by molar-refractivity contribution is 0.451. The fraction of sp³-hybridized carbons (Fsp3) is 0.500. The average molecular weight is 216 g/mol. The van der Waals surface area contributed by atoms with Gasteiger partial charge in [-0.05, 0) is 44.1 Å². The second kappa shape index (κ2) is 6.52. The summed E-state index contributed by atoms with van der Waals surface area (Å²) >= 11 is 0. The van der Waals surface area contributed by atoms with E-state index in [-0.39, 0.29) is 0 Å². The van der Waals surface area contributed by atoms with Crippen LogP contribution in [0.2, 0.25) is 0 Å². The van der Waals surface area contributed by atoms with Crippen molar-refractivity contribution in [3.8, 4) is 0 Å². The Hall–Kier alpha value is -1.04. The molecule has 2 atom stereocenters. The summed E-state index contributed by atoms with van der Waals surface area (Å²) in [5.74, 6) is 1.34. The molecule has 0 spiro atoms. The quantitative estimate of drug-likeness (QED) is 0.576. The van der Waals surface area contributed by atoms with Gasteiger partial charge in [0, 0.05) is 0 Å². The first-order chi connectivity index (χ1) is 7.61. The van der Waals surface area contributed by atoms with Crippen molar-refractivity contribution < 1.29 is 0 Å². The van der Waals surface area contributed by atoms with Crippen molar-refractivity contribution in [2.45, 2.75) is 40.5 Å². The van der Waals surface area contributed by atoms with Crippen LogP contribution in [-0.2, 0) is 0 Å². The van der Waals surface area contributed by atoms with E-state index in [0.717, 1.165) is 6.42 Å². The van der Waals surface area contributed by atoms with Crippen LogP contribution < -0.4 is 0 Å². The second-order valence-corrected chi connectivity index (χ2v) is 5.02. The molecular weight excluding hydrogens is 192 g/mol. The Morgan fingerprint density at radius 1 is 1.31 bits per heavy atom. The van der Waals surface area contributed by atoms with Crippen LogP contribution in [0.25, 0.3) is 0 Å². The van der Waals surface area contributed by atoms with Crippen LogP contribution in [0.5, 0.6) is 0 Å². The summed E-state index contributed by atoms with van der Waals surface area (Å²) in [6.07, 6.45) is 15.8. The first-order valence-corrected chi connectivity index (χ1v) is 6.28. The van der Waals surface area contributed by atoms with E-state index in [9.17, 15) is 0 Å². The third-order valence-corrected chi connectivity index (χ3v) is 3.28. The Balaban J connectivity index is 2.62. The van der Waals surface area contributed by atoms with Gasteiger partial charge in [-0.2, -0.15) is 0 Å². The molecule has 0 aromatic heterocycles. The lowest BCUT2D eigenvalue weighted by atomic mass is 9.85. The summed E-state index contributed by atoms with van der Waals surface area (Å²) in [6.45, 7) is 9.02. The summed E-state index contributed by atoms with van der Waals surface area (Å²) in [5, 5.41) is 0. The lowest BCUT2D eigenvalue weighted by Gasteiger charge is -2.19. The molecule has 0 aromatic carbocycles. The Bertz CT molecular complexity index is 322. The first kappa shape index (κ1) is 13.0. The molecule has 0 bridgehead atoms. The highest BCUT2D eigenvalue weighted by Gasteiger charge is 2.13. The van der Waals surface area contributed by atoms with Crippen LogP contribution in [0, 0.1) is 11.8 Å². The van der Waals surface area contributed by atoms with Gasteiger partial charge in [0.2, 0.25) is 0 Å². The van der Waals surface area contributed by atoms with Crippen LogP contribution in [0.1, 0.15) is 40.5 Å². The largest absolute Gasteiger partial charge is 0.0856 e. The maximum absolute atomic E-state index is 2.35. The highest BCUT2D eigenvalue weighted by atomic mass is 14.2. The molecule has 0 nitrogen and oxygen atoms in total. The van der Waals surface area contributed by atoms with E-state index < -0.39 is 0 Å². The van der Waals surface area contributed by atoms with E-state index in [1.807, 2.05) is 0 Å². The normalized spacial score (nSPS) is 18.6. The van der Waals surface area contributed by atoms with Crippen molar-refractivity contribution in [2.75, 3.05) is 0 Å². The number of rotatable bonds is 4. The molecular formula is C16H24. The first-order valence-electron chi connectivity index (χ1n) is 6.28. The van der Waals surface area contributed by atoms with Crippen molar-refractivity contribution >= 4 is 0 Å². The van der Waals surface area contributed by atoms with Gasteiger partial charge in [-0.3, -0.25) is 0 Å². The van der Waals surface area contributed by atoms with E-state index in [0.29, 0.717) is 11.8 Å². The molecule has 0 saturated carbocycles. The van der Waals surface area contributed by atoms with Crippen LogP contribution >= 0.6 is 0 Å². The third kappa shape index (κ3) is 4.22. The van der Waals surface area contributed by atoms with Gasteiger partial charge < -0.3 is 0 Å². The molecule has 0 aliphatic heterocycles. The summed E-state index contributed by atoms with van der Waals surface area (Å²) in [7, 11) is 0. The fourth-order valence-corrected chi connectivity index (χ4v) is 1.85. The molecule has 2 unspecified atom stereocenters. The molecule has 0 fully saturated rings. The number of hydrogen-bond acceptors (Lipinski definition) is 0. The zero-order valence-electron chi connectivity index (χ0n) is 11.0. The zero-order valence-corrected chi connectivity index (χ0v) is 11.0. The van der Waals surface area contributed by atoms with Gasteiger partial charge in [-0.15, -0.1) is 0 Å². The van der Waals surface area contributed by atoms with Crippen LogP contribution in [-0.4, -0.2) is 0 Å². The molecule has 0 aromatic rings. The highest BCUT2D eigenvalue weighted by molar-refractivity contribution is 5.29. The van der Waals surface area contributed by atoms with Gasteiger partial charge >= 0.3 is 0 Å². The maximum atomic E-state index is 2.35. The monoisotopic (exact) mass is 216 g/mol. The molecule has 88 valence electrons. The molecule has 16 heavy (non-hydrogen) atoms. The van der Waals surface area contributed by atoms with Crippen LogP contribution in [0.4, 0.5) is 0 Å². The lowest BCUT2D eigenvalue weighted by Crippen LogP contribution is -2.09. The summed E-state index contributed by atoms with van der Waals surface area (Å²) in [6, 6.07) is 0. The Morgan fingerprint density at radius 3 is 2.75 bits per heavy atom. The minimum Gasteiger partial charge on any atom is -0.0856 e. The van der Waals surface area contributed by atoms with Crippen molar-refractivity contribution in [3.05, 3.63) is 47.6 Å². The van der Waals surface area contributed by atoms with E-state index in [4.69, 9.17) is 0 Å². The van der Waals surface area contributed by atoms with Gasteiger partial charge in [-0.1, -0.05) is 55.9 Å². The van der Waals surface area contributed by atoms with Crippen LogP contribution in [0.3, 0.4) is 0 Å². The Kier molecular flexibility index (Phi) is 5.31. The Labute approximate surface area is 100 Å². The molecule has 0 heteroatoms.